The third-order valence-electron chi connectivity index (χ3n) is 4.56. The van der Waals surface area contributed by atoms with E-state index < -0.39 is 15.7 Å². The number of hydrogen-bond donors (Lipinski definition) is 1. The molecule has 0 saturated carbocycles. The summed E-state index contributed by atoms with van der Waals surface area (Å²) in [5.74, 6) is 0.607. The molecule has 1 aliphatic heterocycles. The van der Waals surface area contributed by atoms with Crippen molar-refractivity contribution >= 4 is 37.2 Å². The van der Waals surface area contributed by atoms with Gasteiger partial charge in [0.25, 0.3) is 0 Å². The monoisotopic (exact) mass is 390 g/mol. The first kappa shape index (κ1) is 17.2. The van der Waals surface area contributed by atoms with Crippen LogP contribution in [0.4, 0.5) is 0 Å². The van der Waals surface area contributed by atoms with Crippen LogP contribution < -0.4 is 5.73 Å². The van der Waals surface area contributed by atoms with E-state index >= 15 is 0 Å². The van der Waals surface area contributed by atoms with Crippen LogP contribution >= 0.6 is 11.3 Å². The normalized spacial score (nSPS) is 19.2. The molecule has 1 fully saturated rings. The first-order valence-corrected chi connectivity index (χ1v) is 10.9. The Hall–Kier alpha value is -2.26. The molecule has 3 heterocycles. The number of benzene rings is 1. The Morgan fingerprint density at radius 2 is 2.15 bits per heavy atom. The summed E-state index contributed by atoms with van der Waals surface area (Å²) in [4.78, 5) is 17.0. The van der Waals surface area contributed by atoms with Crippen molar-refractivity contribution in [1.82, 2.24) is 14.8 Å². The highest BCUT2D eigenvalue weighted by Gasteiger charge is 2.33. The van der Waals surface area contributed by atoms with Crippen LogP contribution in [0.15, 0.2) is 24.3 Å². The predicted molar refractivity (Wildman–Crippen MR) is 101 cm³/mol. The second-order valence-electron chi connectivity index (χ2n) is 6.53. The number of carbonyl (C=O) groups excluding carboxylic acids is 1. The van der Waals surface area contributed by atoms with Crippen molar-refractivity contribution in [3.05, 3.63) is 35.0 Å². The number of hydrogen-bond acceptors (Lipinski definition) is 6. The van der Waals surface area contributed by atoms with Crippen LogP contribution in [0.3, 0.4) is 0 Å². The van der Waals surface area contributed by atoms with Gasteiger partial charge in [0.2, 0.25) is 5.91 Å². The Balaban J connectivity index is 1.90. The van der Waals surface area contributed by atoms with Gasteiger partial charge in [-0.3, -0.25) is 4.79 Å². The minimum Gasteiger partial charge on any atom is -0.369 e. The van der Waals surface area contributed by atoms with E-state index in [1.807, 2.05) is 31.2 Å². The van der Waals surface area contributed by atoms with Crippen molar-refractivity contribution < 1.29 is 13.2 Å². The Kier molecular flexibility index (Phi) is 4.07. The van der Waals surface area contributed by atoms with Gasteiger partial charge in [-0.1, -0.05) is 18.2 Å². The average molecular weight is 390 g/mol. The summed E-state index contributed by atoms with van der Waals surface area (Å²) in [6.45, 7) is 2.01. The molecule has 2 N–H and O–H groups in total. The van der Waals surface area contributed by atoms with Crippen LogP contribution in [0.5, 0.6) is 0 Å². The van der Waals surface area contributed by atoms with Gasteiger partial charge in [0, 0.05) is 20.5 Å². The van der Waals surface area contributed by atoms with Gasteiger partial charge in [-0.05, 0) is 19.4 Å². The molecule has 1 unspecified atom stereocenters. The second-order valence-corrected chi connectivity index (χ2v) is 10.0. The summed E-state index contributed by atoms with van der Waals surface area (Å²) in [6, 6.07) is 7.73. The third kappa shape index (κ3) is 3.01. The first-order chi connectivity index (χ1) is 12.3. The highest BCUT2D eigenvalue weighted by molar-refractivity contribution is 7.91. The van der Waals surface area contributed by atoms with Gasteiger partial charge in [-0.2, -0.15) is 5.10 Å². The quantitative estimate of drug-likeness (QED) is 0.731. The Morgan fingerprint density at radius 3 is 2.85 bits per heavy atom. The lowest BCUT2D eigenvalue weighted by molar-refractivity contribution is -0.117. The first-order valence-electron chi connectivity index (χ1n) is 8.27. The topological polar surface area (TPSA) is 108 Å². The molecular weight excluding hydrogens is 372 g/mol. The highest BCUT2D eigenvalue weighted by atomic mass is 32.2. The molecule has 7 nitrogen and oxygen atoms in total. The van der Waals surface area contributed by atoms with E-state index in [0.717, 1.165) is 20.5 Å². The summed E-state index contributed by atoms with van der Waals surface area (Å²) in [5.41, 5.74) is 6.24. The maximum Gasteiger partial charge on any atom is 0.225 e. The molecule has 0 spiro atoms. The zero-order chi connectivity index (χ0) is 18.5. The van der Waals surface area contributed by atoms with E-state index in [-0.39, 0.29) is 24.0 Å². The van der Waals surface area contributed by atoms with Crippen molar-refractivity contribution in [2.24, 2.45) is 5.73 Å². The van der Waals surface area contributed by atoms with Crippen LogP contribution in [0, 0.1) is 6.92 Å². The summed E-state index contributed by atoms with van der Waals surface area (Å²) < 4.78 is 26.7. The van der Waals surface area contributed by atoms with Crippen LogP contribution in [-0.4, -0.2) is 40.6 Å². The molecule has 9 heteroatoms. The van der Waals surface area contributed by atoms with E-state index in [1.165, 1.54) is 0 Å². The molecule has 2 aromatic heterocycles. The SMILES string of the molecule is Cc1sc2ccccc2c1-c1nc(CC(N)=O)nn1C1CCS(=O)(=O)C1. The minimum atomic E-state index is -3.07. The fourth-order valence-corrected chi connectivity index (χ4v) is 6.19. The fourth-order valence-electron chi connectivity index (χ4n) is 3.44. The molecule has 0 bridgehead atoms. The number of aromatic nitrogens is 3. The lowest BCUT2D eigenvalue weighted by atomic mass is 10.1. The summed E-state index contributed by atoms with van der Waals surface area (Å²) in [6.07, 6.45) is 0.427. The molecule has 1 aliphatic rings. The number of rotatable bonds is 4. The van der Waals surface area contributed by atoms with Crippen LogP contribution in [0.1, 0.15) is 23.2 Å². The van der Waals surface area contributed by atoms with E-state index in [2.05, 4.69) is 10.1 Å². The summed E-state index contributed by atoms with van der Waals surface area (Å²) in [7, 11) is -3.07. The number of thiophene rings is 1. The smallest absolute Gasteiger partial charge is 0.225 e. The van der Waals surface area contributed by atoms with Crippen molar-refractivity contribution in [1.29, 1.82) is 0 Å². The number of amides is 1. The molecular formula is C17H18N4O3S2. The molecule has 1 aromatic carbocycles. The zero-order valence-corrected chi connectivity index (χ0v) is 15.8. The van der Waals surface area contributed by atoms with Crippen LogP contribution in [0.25, 0.3) is 21.5 Å². The maximum absolute atomic E-state index is 11.9. The number of nitrogens with two attached hydrogens (primary N) is 1. The number of aryl methyl sites for hydroxylation is 1. The molecule has 0 aliphatic carbocycles. The van der Waals surface area contributed by atoms with Gasteiger partial charge < -0.3 is 5.73 Å². The van der Waals surface area contributed by atoms with Gasteiger partial charge in [0.1, 0.15) is 0 Å². The number of nitrogens with zero attached hydrogens (tertiary/aromatic N) is 3. The van der Waals surface area contributed by atoms with E-state index in [4.69, 9.17) is 5.73 Å². The zero-order valence-electron chi connectivity index (χ0n) is 14.2. The second kappa shape index (κ2) is 6.17. The highest BCUT2D eigenvalue weighted by Crippen LogP contribution is 2.39. The molecule has 0 radical (unpaired) electrons. The standard InChI is InChI=1S/C17H18N4O3S2/c1-10-16(12-4-2-3-5-13(12)25-10)17-19-15(8-14(18)22)20-21(17)11-6-7-26(23,24)9-11/h2-5,11H,6-9H2,1H3,(H2,18,22). The van der Waals surface area contributed by atoms with Gasteiger partial charge >= 0.3 is 0 Å². The predicted octanol–water partition coefficient (Wildman–Crippen LogP) is 1.86. The minimum absolute atomic E-state index is 0.0422. The number of carbonyl (C=O) groups is 1. The van der Waals surface area contributed by atoms with Crippen molar-refractivity contribution in [2.45, 2.75) is 25.8 Å². The molecule has 1 saturated heterocycles. The Bertz CT molecular complexity index is 1110. The Morgan fingerprint density at radius 1 is 1.38 bits per heavy atom. The molecule has 1 atom stereocenters. The number of primary amides is 1. The number of fused-ring (bicyclic) bond motifs is 1. The van der Waals surface area contributed by atoms with E-state index in [0.29, 0.717) is 18.1 Å². The lowest BCUT2D eigenvalue weighted by Crippen LogP contribution is -2.16. The lowest BCUT2D eigenvalue weighted by Gasteiger charge is -2.12. The van der Waals surface area contributed by atoms with E-state index in [9.17, 15) is 13.2 Å². The maximum atomic E-state index is 11.9. The summed E-state index contributed by atoms with van der Waals surface area (Å²) >= 11 is 1.66. The molecule has 136 valence electrons. The van der Waals surface area contributed by atoms with Gasteiger partial charge in [-0.25, -0.2) is 18.1 Å². The third-order valence-corrected chi connectivity index (χ3v) is 7.39. The van der Waals surface area contributed by atoms with Crippen molar-refractivity contribution in [3.8, 4) is 11.4 Å². The molecule has 4 rings (SSSR count). The number of sulfone groups is 1. The average Bonchev–Trinajstić information content (AvgIpc) is 3.20. The Labute approximate surface area is 154 Å². The largest absolute Gasteiger partial charge is 0.369 e. The van der Waals surface area contributed by atoms with Crippen molar-refractivity contribution in [2.75, 3.05) is 11.5 Å². The fraction of sp³-hybridized carbons (Fsp3) is 0.353. The van der Waals surface area contributed by atoms with Crippen molar-refractivity contribution in [3.63, 3.8) is 0 Å². The summed E-state index contributed by atoms with van der Waals surface area (Å²) in [5, 5.41) is 5.50. The van der Waals surface area contributed by atoms with Gasteiger partial charge in [0.15, 0.2) is 21.5 Å². The van der Waals surface area contributed by atoms with Crippen LogP contribution in [0.2, 0.25) is 0 Å². The van der Waals surface area contributed by atoms with Gasteiger partial charge in [0.05, 0.1) is 24.0 Å². The molecule has 26 heavy (non-hydrogen) atoms. The van der Waals surface area contributed by atoms with E-state index in [1.54, 1.807) is 16.0 Å². The van der Waals surface area contributed by atoms with Crippen LogP contribution in [-0.2, 0) is 21.1 Å². The van der Waals surface area contributed by atoms with Gasteiger partial charge in [-0.15, -0.1) is 11.3 Å². The molecule has 3 aromatic rings. The molecule has 1 amide bonds.